The molecule has 0 unspecified atom stereocenters. The number of esters is 1. The maximum atomic E-state index is 13.9. The fourth-order valence-corrected chi connectivity index (χ4v) is 3.56. The Balaban J connectivity index is 1.53. The molecule has 140 valence electrons. The summed E-state index contributed by atoms with van der Waals surface area (Å²) in [7, 11) is 1.31. The van der Waals surface area contributed by atoms with Crippen LogP contribution in [0.5, 0.6) is 0 Å². The van der Waals surface area contributed by atoms with Crippen molar-refractivity contribution in [3.63, 3.8) is 0 Å². The number of likely N-dealkylation sites (tertiary alicyclic amines) is 1. The van der Waals surface area contributed by atoms with Crippen LogP contribution in [0.3, 0.4) is 0 Å². The van der Waals surface area contributed by atoms with Gasteiger partial charge in [0.25, 0.3) is 0 Å². The van der Waals surface area contributed by atoms with E-state index in [2.05, 4.69) is 9.89 Å². The first kappa shape index (κ1) is 18.4. The second-order valence-corrected chi connectivity index (χ2v) is 6.99. The van der Waals surface area contributed by atoms with Crippen molar-refractivity contribution in [2.75, 3.05) is 20.2 Å². The van der Waals surface area contributed by atoms with Crippen molar-refractivity contribution in [2.24, 2.45) is 5.16 Å². The van der Waals surface area contributed by atoms with Crippen LogP contribution in [0.2, 0.25) is 0 Å². The van der Waals surface area contributed by atoms with Crippen LogP contribution in [0.4, 0.5) is 4.39 Å². The third-order valence-electron chi connectivity index (χ3n) is 5.20. The van der Waals surface area contributed by atoms with Crippen molar-refractivity contribution in [3.8, 4) is 0 Å². The summed E-state index contributed by atoms with van der Waals surface area (Å²) in [6.45, 7) is 2.93. The second kappa shape index (κ2) is 7.43. The summed E-state index contributed by atoms with van der Waals surface area (Å²) in [6.07, 6.45) is 1.89. The molecule has 0 aliphatic carbocycles. The zero-order valence-corrected chi connectivity index (χ0v) is 15.0. The molecular formula is C19H23FN2O4. The zero-order chi connectivity index (χ0) is 18.7. The Morgan fingerprint density at radius 1 is 1.35 bits per heavy atom. The van der Waals surface area contributed by atoms with Gasteiger partial charge in [-0.05, 0) is 17.5 Å². The summed E-state index contributed by atoms with van der Waals surface area (Å²) in [6, 6.07) is 6.55. The molecule has 1 aromatic rings. The van der Waals surface area contributed by atoms with Crippen LogP contribution >= 0.6 is 0 Å². The summed E-state index contributed by atoms with van der Waals surface area (Å²) in [4.78, 5) is 31.4. The van der Waals surface area contributed by atoms with Gasteiger partial charge in [-0.2, -0.15) is 0 Å². The molecule has 1 atom stereocenters. The standard InChI is InChI=1S/C19H23FN2O4/c1-13(14-5-3-4-6-15(14)20)11-17(23)22-9-7-19(8-10-22)12-16(21-26-19)18(24)25-2/h3-6,13H,7-12H2,1-2H3/t13-/m0/s1. The van der Waals surface area contributed by atoms with Gasteiger partial charge >= 0.3 is 5.97 Å². The van der Waals surface area contributed by atoms with Crippen LogP contribution in [-0.4, -0.2) is 48.3 Å². The Labute approximate surface area is 151 Å². The number of halogens is 1. The largest absolute Gasteiger partial charge is 0.464 e. The van der Waals surface area contributed by atoms with Crippen molar-refractivity contribution in [1.29, 1.82) is 0 Å². The van der Waals surface area contributed by atoms with E-state index in [9.17, 15) is 14.0 Å². The lowest BCUT2D eigenvalue weighted by molar-refractivity contribution is -0.137. The van der Waals surface area contributed by atoms with Gasteiger partial charge in [0.1, 0.15) is 11.4 Å². The first-order valence-corrected chi connectivity index (χ1v) is 8.80. The molecular weight excluding hydrogens is 339 g/mol. The highest BCUT2D eigenvalue weighted by molar-refractivity contribution is 6.36. The highest BCUT2D eigenvalue weighted by Crippen LogP contribution is 2.35. The van der Waals surface area contributed by atoms with E-state index < -0.39 is 11.6 Å². The van der Waals surface area contributed by atoms with Gasteiger partial charge < -0.3 is 14.5 Å². The third-order valence-corrected chi connectivity index (χ3v) is 5.20. The van der Waals surface area contributed by atoms with Crippen molar-refractivity contribution in [3.05, 3.63) is 35.6 Å². The molecule has 2 aliphatic rings. The van der Waals surface area contributed by atoms with Gasteiger partial charge in [-0.3, -0.25) is 4.79 Å². The Hall–Kier alpha value is -2.44. The number of rotatable bonds is 4. The molecule has 0 bridgehead atoms. The SMILES string of the molecule is COC(=O)C1=NOC2(CCN(C(=O)C[C@H](C)c3ccccc3F)CC2)C1. The Morgan fingerprint density at radius 3 is 2.69 bits per heavy atom. The highest BCUT2D eigenvalue weighted by Gasteiger charge is 2.44. The van der Waals surface area contributed by atoms with Crippen molar-refractivity contribution in [1.82, 2.24) is 4.90 Å². The van der Waals surface area contributed by atoms with Gasteiger partial charge in [-0.1, -0.05) is 30.3 Å². The van der Waals surface area contributed by atoms with Crippen LogP contribution in [0.1, 0.15) is 44.1 Å². The number of amides is 1. The van der Waals surface area contributed by atoms with Crippen molar-refractivity contribution >= 4 is 17.6 Å². The molecule has 0 N–H and O–H groups in total. The number of carbonyl (C=O) groups excluding carboxylic acids is 2. The number of nitrogens with zero attached hydrogens (tertiary/aromatic N) is 2. The predicted octanol–water partition coefficient (Wildman–Crippen LogP) is 2.63. The highest BCUT2D eigenvalue weighted by atomic mass is 19.1. The summed E-state index contributed by atoms with van der Waals surface area (Å²) in [5.41, 5.74) is 0.335. The second-order valence-electron chi connectivity index (χ2n) is 6.99. The number of hydrogen-bond donors (Lipinski definition) is 0. The van der Waals surface area contributed by atoms with E-state index in [4.69, 9.17) is 4.84 Å². The fraction of sp³-hybridized carbons (Fsp3) is 0.526. The van der Waals surface area contributed by atoms with Crippen molar-refractivity contribution in [2.45, 2.75) is 44.1 Å². The maximum absolute atomic E-state index is 13.9. The van der Waals surface area contributed by atoms with E-state index in [1.165, 1.54) is 13.2 Å². The minimum Gasteiger partial charge on any atom is -0.464 e. The molecule has 0 aromatic heterocycles. The number of benzene rings is 1. The van der Waals surface area contributed by atoms with E-state index in [1.54, 1.807) is 23.1 Å². The summed E-state index contributed by atoms with van der Waals surface area (Å²) in [5.74, 6) is -0.935. The van der Waals surface area contributed by atoms with E-state index in [-0.39, 0.29) is 24.1 Å². The van der Waals surface area contributed by atoms with E-state index in [0.717, 1.165) is 0 Å². The third kappa shape index (κ3) is 3.71. The molecule has 3 rings (SSSR count). The minimum absolute atomic E-state index is 0.00251. The Bertz CT molecular complexity index is 726. The number of carbonyl (C=O) groups is 2. The maximum Gasteiger partial charge on any atom is 0.355 e. The van der Waals surface area contributed by atoms with E-state index in [0.29, 0.717) is 43.6 Å². The van der Waals surface area contributed by atoms with E-state index in [1.807, 2.05) is 6.92 Å². The molecule has 2 aliphatic heterocycles. The summed E-state index contributed by atoms with van der Waals surface area (Å²) < 4.78 is 18.6. The molecule has 7 heteroatoms. The molecule has 1 aromatic carbocycles. The average molecular weight is 362 g/mol. The molecule has 26 heavy (non-hydrogen) atoms. The normalized spacial score (nSPS) is 19.7. The molecule has 1 saturated heterocycles. The van der Waals surface area contributed by atoms with Crippen LogP contribution < -0.4 is 0 Å². The molecule has 1 spiro atoms. The van der Waals surface area contributed by atoms with Gasteiger partial charge in [-0.25, -0.2) is 9.18 Å². The van der Waals surface area contributed by atoms with Crippen LogP contribution in [0.25, 0.3) is 0 Å². The molecule has 2 heterocycles. The molecule has 0 radical (unpaired) electrons. The lowest BCUT2D eigenvalue weighted by atomic mass is 9.86. The summed E-state index contributed by atoms with van der Waals surface area (Å²) >= 11 is 0. The van der Waals surface area contributed by atoms with E-state index >= 15 is 0 Å². The molecule has 1 amide bonds. The van der Waals surface area contributed by atoms with Gasteiger partial charge in [0.05, 0.1) is 7.11 Å². The van der Waals surface area contributed by atoms with Crippen LogP contribution in [0, 0.1) is 5.82 Å². The van der Waals surface area contributed by atoms with Gasteiger partial charge in [0.15, 0.2) is 5.71 Å². The Morgan fingerprint density at radius 2 is 2.04 bits per heavy atom. The number of oxime groups is 1. The monoisotopic (exact) mass is 362 g/mol. The fourth-order valence-electron chi connectivity index (χ4n) is 3.56. The molecule has 0 saturated carbocycles. The van der Waals surface area contributed by atoms with Crippen molar-refractivity contribution < 1.29 is 23.6 Å². The zero-order valence-electron chi connectivity index (χ0n) is 15.0. The first-order chi connectivity index (χ1) is 12.4. The van der Waals surface area contributed by atoms with Gasteiger partial charge in [0, 0.05) is 38.8 Å². The first-order valence-electron chi connectivity index (χ1n) is 8.80. The smallest absolute Gasteiger partial charge is 0.355 e. The topological polar surface area (TPSA) is 68.2 Å². The minimum atomic E-state index is -0.516. The quantitative estimate of drug-likeness (QED) is 0.772. The predicted molar refractivity (Wildman–Crippen MR) is 93.1 cm³/mol. The van der Waals surface area contributed by atoms with Gasteiger partial charge in [0.2, 0.25) is 5.91 Å². The average Bonchev–Trinajstić information content (AvgIpc) is 3.05. The summed E-state index contributed by atoms with van der Waals surface area (Å²) in [5, 5.41) is 3.85. The van der Waals surface area contributed by atoms with Crippen LogP contribution in [-0.2, 0) is 19.2 Å². The van der Waals surface area contributed by atoms with Gasteiger partial charge in [-0.15, -0.1) is 0 Å². The number of hydrogen-bond acceptors (Lipinski definition) is 5. The lowest BCUT2D eigenvalue weighted by Gasteiger charge is -2.37. The molecule has 1 fully saturated rings. The number of piperidine rings is 1. The Kier molecular flexibility index (Phi) is 5.25. The molecule has 6 nitrogen and oxygen atoms in total. The number of ether oxygens (including phenoxy) is 1. The van der Waals surface area contributed by atoms with Crippen LogP contribution in [0.15, 0.2) is 29.4 Å². The number of methoxy groups -OCH3 is 1. The lowest BCUT2D eigenvalue weighted by Crippen LogP contribution is -2.47.